The summed E-state index contributed by atoms with van der Waals surface area (Å²) in [6.45, 7) is 0. The van der Waals surface area contributed by atoms with Crippen LogP contribution in [0.2, 0.25) is 0 Å². The molecule has 19 heavy (non-hydrogen) atoms. The fraction of sp³-hybridized carbons (Fsp3) is 0.333. The van der Waals surface area contributed by atoms with Crippen molar-refractivity contribution in [2.45, 2.75) is 6.42 Å². The van der Waals surface area contributed by atoms with Gasteiger partial charge in [0.1, 0.15) is 0 Å². The van der Waals surface area contributed by atoms with Crippen molar-refractivity contribution < 1.29 is 14.7 Å². The Morgan fingerprint density at radius 3 is 2.32 bits per heavy atom. The Balaban J connectivity index is 1.79. The molecule has 2 aliphatic carbocycles. The van der Waals surface area contributed by atoms with Crippen LogP contribution in [0.25, 0.3) is 0 Å². The number of para-hydroxylation sites is 1. The highest BCUT2D eigenvalue weighted by molar-refractivity contribution is 5.96. The molecule has 0 spiro atoms. The summed E-state index contributed by atoms with van der Waals surface area (Å²) < 4.78 is 0. The number of amides is 1. The van der Waals surface area contributed by atoms with Gasteiger partial charge in [0.15, 0.2) is 0 Å². The largest absolute Gasteiger partial charge is 0.550 e. The summed E-state index contributed by atoms with van der Waals surface area (Å²) in [5.41, 5.74) is 0.691. The van der Waals surface area contributed by atoms with E-state index in [9.17, 15) is 14.7 Å². The summed E-state index contributed by atoms with van der Waals surface area (Å²) in [5.74, 6) is -2.58. The van der Waals surface area contributed by atoms with E-state index in [4.69, 9.17) is 0 Å². The maximum absolute atomic E-state index is 12.3. The second-order valence-electron chi connectivity index (χ2n) is 5.17. The van der Waals surface area contributed by atoms with E-state index < -0.39 is 17.8 Å². The maximum Gasteiger partial charge on any atom is 0.228 e. The molecule has 1 aromatic rings. The number of nitrogens with one attached hydrogen (secondary N) is 1. The van der Waals surface area contributed by atoms with Crippen molar-refractivity contribution in [2.75, 3.05) is 5.32 Å². The van der Waals surface area contributed by atoms with E-state index in [1.54, 1.807) is 12.1 Å². The number of benzene rings is 1. The Kier molecular flexibility index (Phi) is 2.85. The number of hydrogen-bond donors (Lipinski definition) is 1. The molecule has 1 saturated carbocycles. The van der Waals surface area contributed by atoms with Gasteiger partial charge in [-0.1, -0.05) is 30.4 Å². The van der Waals surface area contributed by atoms with Crippen LogP contribution in [0.5, 0.6) is 0 Å². The van der Waals surface area contributed by atoms with Crippen LogP contribution in [-0.4, -0.2) is 11.9 Å². The third kappa shape index (κ3) is 2.03. The zero-order valence-corrected chi connectivity index (χ0v) is 10.3. The van der Waals surface area contributed by atoms with Gasteiger partial charge in [0.05, 0.1) is 5.92 Å². The summed E-state index contributed by atoms with van der Waals surface area (Å²) in [6, 6.07) is 9.09. The zero-order chi connectivity index (χ0) is 13.4. The highest BCUT2D eigenvalue weighted by Gasteiger charge is 2.48. The highest BCUT2D eigenvalue weighted by Crippen LogP contribution is 2.48. The number of carboxylic acid groups (broad SMARTS) is 1. The third-order valence-corrected chi connectivity index (χ3v) is 4.08. The fourth-order valence-corrected chi connectivity index (χ4v) is 3.25. The topological polar surface area (TPSA) is 69.2 Å². The van der Waals surface area contributed by atoms with Crippen molar-refractivity contribution in [3.8, 4) is 0 Å². The van der Waals surface area contributed by atoms with E-state index in [1.165, 1.54) is 0 Å². The van der Waals surface area contributed by atoms with E-state index in [2.05, 4.69) is 5.32 Å². The second kappa shape index (κ2) is 4.53. The molecule has 0 aromatic heterocycles. The minimum atomic E-state index is -1.12. The van der Waals surface area contributed by atoms with Gasteiger partial charge in [-0.25, -0.2) is 0 Å². The Bertz CT molecular complexity index is 538. The van der Waals surface area contributed by atoms with Gasteiger partial charge in [-0.15, -0.1) is 0 Å². The van der Waals surface area contributed by atoms with Crippen molar-refractivity contribution in [1.82, 2.24) is 0 Å². The first-order valence-electron chi connectivity index (χ1n) is 6.42. The van der Waals surface area contributed by atoms with Crippen LogP contribution in [0.4, 0.5) is 5.69 Å². The average molecular weight is 256 g/mol. The lowest BCUT2D eigenvalue weighted by Gasteiger charge is -2.27. The molecule has 0 aliphatic heterocycles. The van der Waals surface area contributed by atoms with Crippen LogP contribution in [0.15, 0.2) is 42.5 Å². The van der Waals surface area contributed by atoms with Gasteiger partial charge in [0.25, 0.3) is 0 Å². The van der Waals surface area contributed by atoms with Crippen LogP contribution < -0.4 is 10.4 Å². The van der Waals surface area contributed by atoms with Crippen LogP contribution in [0, 0.1) is 23.7 Å². The predicted octanol–water partition coefficient (Wildman–Crippen LogP) is 0.813. The Morgan fingerprint density at radius 1 is 1.05 bits per heavy atom. The molecule has 98 valence electrons. The Morgan fingerprint density at radius 2 is 1.68 bits per heavy atom. The minimum absolute atomic E-state index is 0.0246. The first-order chi connectivity index (χ1) is 9.16. The molecule has 0 radical (unpaired) electrons. The Labute approximate surface area is 111 Å². The molecule has 0 unspecified atom stereocenters. The number of fused-ring (bicyclic) bond motifs is 2. The molecule has 4 heteroatoms. The molecule has 0 saturated heterocycles. The number of carboxylic acids is 1. The van der Waals surface area contributed by atoms with E-state index in [-0.39, 0.29) is 17.7 Å². The molecular weight excluding hydrogens is 242 g/mol. The van der Waals surface area contributed by atoms with E-state index in [1.807, 2.05) is 30.4 Å². The quantitative estimate of drug-likeness (QED) is 0.814. The lowest BCUT2D eigenvalue weighted by atomic mass is 9.82. The number of hydrogen-bond acceptors (Lipinski definition) is 3. The van der Waals surface area contributed by atoms with Gasteiger partial charge >= 0.3 is 0 Å². The average Bonchev–Trinajstić information content (AvgIpc) is 2.99. The summed E-state index contributed by atoms with van der Waals surface area (Å²) in [5, 5.41) is 14.0. The first kappa shape index (κ1) is 12.0. The van der Waals surface area contributed by atoms with E-state index in [0.717, 1.165) is 6.42 Å². The summed E-state index contributed by atoms with van der Waals surface area (Å²) in [6.07, 6.45) is 4.60. The number of carbonyl (C=O) groups excluding carboxylic acids is 2. The molecule has 3 rings (SSSR count). The second-order valence-corrected chi connectivity index (χ2v) is 5.17. The molecule has 4 atom stereocenters. The molecule has 0 heterocycles. The molecule has 1 amide bonds. The van der Waals surface area contributed by atoms with Gasteiger partial charge in [-0.2, -0.15) is 0 Å². The van der Waals surface area contributed by atoms with Gasteiger partial charge in [0, 0.05) is 17.6 Å². The molecule has 2 aliphatic rings. The number of carbonyl (C=O) groups is 2. The van der Waals surface area contributed by atoms with Gasteiger partial charge < -0.3 is 15.2 Å². The van der Waals surface area contributed by atoms with Crippen molar-refractivity contribution in [3.63, 3.8) is 0 Å². The van der Waals surface area contributed by atoms with Crippen molar-refractivity contribution >= 4 is 17.6 Å². The maximum atomic E-state index is 12.3. The number of rotatable bonds is 3. The van der Waals surface area contributed by atoms with Crippen LogP contribution in [0.3, 0.4) is 0 Å². The minimum Gasteiger partial charge on any atom is -0.550 e. The van der Waals surface area contributed by atoms with E-state index >= 15 is 0 Å². The third-order valence-electron chi connectivity index (χ3n) is 4.08. The predicted molar refractivity (Wildman–Crippen MR) is 67.8 cm³/mol. The van der Waals surface area contributed by atoms with E-state index in [0.29, 0.717) is 5.69 Å². The van der Waals surface area contributed by atoms with Crippen LogP contribution in [0.1, 0.15) is 6.42 Å². The zero-order valence-electron chi connectivity index (χ0n) is 10.3. The Hall–Kier alpha value is -2.10. The molecule has 1 N–H and O–H groups in total. The van der Waals surface area contributed by atoms with Crippen molar-refractivity contribution in [3.05, 3.63) is 42.5 Å². The summed E-state index contributed by atoms with van der Waals surface area (Å²) in [4.78, 5) is 23.5. The first-order valence-corrected chi connectivity index (χ1v) is 6.42. The summed E-state index contributed by atoms with van der Waals surface area (Å²) in [7, 11) is 0. The van der Waals surface area contributed by atoms with Crippen molar-refractivity contribution in [2.24, 2.45) is 23.7 Å². The lowest BCUT2D eigenvalue weighted by molar-refractivity contribution is -0.313. The number of aliphatic carboxylic acids is 1. The SMILES string of the molecule is O=C([O-])[C@H]1[C@H](C(=O)Nc2ccccc2)[C@H]2C=C[C@@H]1C2. The van der Waals surface area contributed by atoms with Gasteiger partial charge in [-0.3, -0.25) is 4.79 Å². The highest BCUT2D eigenvalue weighted by atomic mass is 16.4. The molecule has 1 aromatic carbocycles. The fourth-order valence-electron chi connectivity index (χ4n) is 3.25. The molecule has 4 nitrogen and oxygen atoms in total. The van der Waals surface area contributed by atoms with Gasteiger partial charge in [-0.05, 0) is 30.4 Å². The lowest BCUT2D eigenvalue weighted by Crippen LogP contribution is -2.42. The molecular formula is C15H14NO3-. The standard InChI is InChI=1S/C15H15NO3/c17-14(16-11-4-2-1-3-5-11)12-9-6-7-10(8-9)13(12)15(18)19/h1-7,9-10,12-13H,8H2,(H,16,17)(H,18,19)/p-1/t9-,10+,12+,13+/m0/s1. The number of allylic oxidation sites excluding steroid dienone is 2. The monoisotopic (exact) mass is 256 g/mol. The number of anilines is 1. The van der Waals surface area contributed by atoms with Gasteiger partial charge in [0.2, 0.25) is 5.91 Å². The molecule has 1 fully saturated rings. The summed E-state index contributed by atoms with van der Waals surface area (Å²) >= 11 is 0. The molecule has 2 bridgehead atoms. The van der Waals surface area contributed by atoms with Crippen LogP contribution >= 0.6 is 0 Å². The smallest absolute Gasteiger partial charge is 0.228 e. The van der Waals surface area contributed by atoms with Crippen LogP contribution in [-0.2, 0) is 9.59 Å². The van der Waals surface area contributed by atoms with Crippen molar-refractivity contribution in [1.29, 1.82) is 0 Å². The normalized spacial score (nSPS) is 31.4.